The maximum absolute atomic E-state index is 11.7. The molecule has 1 heterocycles. The Hall–Kier alpha value is -1.80. The first-order valence-electron chi connectivity index (χ1n) is 4.61. The van der Waals surface area contributed by atoms with E-state index in [1.807, 2.05) is 10.6 Å². The molecule has 2 N–H and O–H groups in total. The first-order valence-corrected chi connectivity index (χ1v) is 4.61. The van der Waals surface area contributed by atoms with Crippen molar-refractivity contribution in [3.63, 3.8) is 0 Å². The number of piperidine rings is 1. The first-order chi connectivity index (χ1) is 7.78. The highest BCUT2D eigenvalue weighted by Crippen LogP contribution is 2.14. The van der Waals surface area contributed by atoms with Crippen molar-refractivity contribution in [1.82, 2.24) is 10.6 Å². The van der Waals surface area contributed by atoms with Crippen molar-refractivity contribution in [2.24, 2.45) is 0 Å². The number of hydrogen-bond acceptors (Lipinski definition) is 4. The quantitative estimate of drug-likeness (QED) is 0.683. The van der Waals surface area contributed by atoms with Crippen LogP contribution in [-0.2, 0) is 14.3 Å². The molecule has 0 radical (unpaired) electrons. The summed E-state index contributed by atoms with van der Waals surface area (Å²) in [5, 5.41) is 3.87. The Labute approximate surface area is 93.5 Å². The summed E-state index contributed by atoms with van der Waals surface area (Å²) < 4.78 is 38.9. The summed E-state index contributed by atoms with van der Waals surface area (Å²) in [6.07, 6.45) is -5.93. The van der Waals surface area contributed by atoms with E-state index in [-0.39, 0.29) is 12.8 Å². The van der Waals surface area contributed by atoms with Gasteiger partial charge in [0.1, 0.15) is 6.04 Å². The minimum absolute atomic E-state index is 0.00988. The predicted octanol–water partition coefficient (Wildman–Crippen LogP) is 0.0801. The van der Waals surface area contributed by atoms with Gasteiger partial charge in [0.15, 0.2) is 6.61 Å². The summed E-state index contributed by atoms with van der Waals surface area (Å²) >= 11 is 0. The second kappa shape index (κ2) is 5.02. The Morgan fingerprint density at radius 2 is 2.12 bits per heavy atom. The van der Waals surface area contributed by atoms with E-state index in [0.29, 0.717) is 0 Å². The third-order valence-corrected chi connectivity index (χ3v) is 1.90. The third kappa shape index (κ3) is 4.70. The lowest BCUT2D eigenvalue weighted by Crippen LogP contribution is -2.52. The molecule has 1 saturated heterocycles. The van der Waals surface area contributed by atoms with Crippen LogP contribution in [0.15, 0.2) is 0 Å². The van der Waals surface area contributed by atoms with Gasteiger partial charge in [-0.25, -0.2) is 4.79 Å². The Balaban J connectivity index is 2.36. The molecule has 0 spiro atoms. The molecule has 0 bridgehead atoms. The first kappa shape index (κ1) is 13.3. The van der Waals surface area contributed by atoms with Gasteiger partial charge >= 0.3 is 12.3 Å². The number of rotatable bonds is 2. The molecule has 17 heavy (non-hydrogen) atoms. The van der Waals surface area contributed by atoms with E-state index in [0.717, 1.165) is 0 Å². The van der Waals surface area contributed by atoms with Crippen molar-refractivity contribution in [3.05, 3.63) is 0 Å². The Morgan fingerprint density at radius 3 is 2.65 bits per heavy atom. The molecule has 1 aliphatic heterocycles. The van der Waals surface area contributed by atoms with E-state index in [1.165, 1.54) is 0 Å². The number of imide groups is 1. The van der Waals surface area contributed by atoms with E-state index >= 15 is 0 Å². The van der Waals surface area contributed by atoms with Crippen LogP contribution >= 0.6 is 0 Å². The fourth-order valence-electron chi connectivity index (χ4n) is 1.16. The minimum atomic E-state index is -4.62. The number of hydrogen-bond donors (Lipinski definition) is 2. The zero-order valence-corrected chi connectivity index (χ0v) is 8.47. The van der Waals surface area contributed by atoms with Gasteiger partial charge in [0.25, 0.3) is 0 Å². The van der Waals surface area contributed by atoms with Gasteiger partial charge in [0.2, 0.25) is 11.8 Å². The van der Waals surface area contributed by atoms with Crippen LogP contribution in [0, 0.1) is 0 Å². The van der Waals surface area contributed by atoms with Crippen molar-refractivity contribution >= 4 is 17.9 Å². The number of ether oxygens (including phenoxy) is 1. The second-order valence-electron chi connectivity index (χ2n) is 3.34. The summed E-state index contributed by atoms with van der Waals surface area (Å²) in [4.78, 5) is 32.7. The monoisotopic (exact) mass is 254 g/mol. The number of nitrogens with one attached hydrogen (secondary N) is 2. The molecule has 0 aromatic carbocycles. The van der Waals surface area contributed by atoms with E-state index in [1.54, 1.807) is 0 Å². The summed E-state index contributed by atoms with van der Waals surface area (Å²) in [6, 6.07) is -1.05. The smallest absolute Gasteiger partial charge is 0.422 e. The molecule has 9 heteroatoms. The number of carbonyl (C=O) groups is 3. The molecule has 6 nitrogen and oxygen atoms in total. The number of carbonyl (C=O) groups excluding carboxylic acids is 3. The lowest BCUT2D eigenvalue weighted by atomic mass is 10.1. The molecule has 0 aliphatic carbocycles. The predicted molar refractivity (Wildman–Crippen MR) is 46.7 cm³/mol. The molecule has 1 atom stereocenters. The molecular weight excluding hydrogens is 245 g/mol. The zero-order valence-electron chi connectivity index (χ0n) is 8.47. The largest absolute Gasteiger partial charge is 0.440 e. The van der Waals surface area contributed by atoms with Gasteiger partial charge in [-0.05, 0) is 6.42 Å². The Kier molecular flexibility index (Phi) is 3.92. The number of alkyl carbamates (subject to hydrolysis) is 1. The van der Waals surface area contributed by atoms with Crippen LogP contribution < -0.4 is 10.6 Å². The fourth-order valence-corrected chi connectivity index (χ4v) is 1.16. The molecule has 0 saturated carbocycles. The van der Waals surface area contributed by atoms with Gasteiger partial charge in [-0.2, -0.15) is 13.2 Å². The highest BCUT2D eigenvalue weighted by Gasteiger charge is 2.32. The van der Waals surface area contributed by atoms with Crippen LogP contribution in [0.3, 0.4) is 0 Å². The molecule has 1 unspecified atom stereocenters. The molecule has 0 aromatic rings. The number of amides is 3. The van der Waals surface area contributed by atoms with Crippen molar-refractivity contribution in [1.29, 1.82) is 0 Å². The van der Waals surface area contributed by atoms with E-state index < -0.39 is 36.7 Å². The van der Waals surface area contributed by atoms with Gasteiger partial charge < -0.3 is 10.1 Å². The SMILES string of the molecule is O=C1CCC(NC(=O)OCC(F)(F)F)C(=O)N1. The summed E-state index contributed by atoms with van der Waals surface area (Å²) in [5.41, 5.74) is 0. The lowest BCUT2D eigenvalue weighted by Gasteiger charge is -2.21. The van der Waals surface area contributed by atoms with Crippen molar-refractivity contribution in [2.45, 2.75) is 25.1 Å². The molecule has 0 aromatic heterocycles. The van der Waals surface area contributed by atoms with Crippen LogP contribution in [0.1, 0.15) is 12.8 Å². The van der Waals surface area contributed by atoms with Gasteiger partial charge in [-0.3, -0.25) is 14.9 Å². The molecular formula is C8H9F3N2O4. The van der Waals surface area contributed by atoms with E-state index in [4.69, 9.17) is 0 Å². The van der Waals surface area contributed by atoms with Crippen LogP contribution in [0.5, 0.6) is 0 Å². The Morgan fingerprint density at radius 1 is 1.47 bits per heavy atom. The van der Waals surface area contributed by atoms with Crippen LogP contribution in [-0.4, -0.2) is 36.7 Å². The van der Waals surface area contributed by atoms with Gasteiger partial charge in [0.05, 0.1) is 0 Å². The average molecular weight is 254 g/mol. The van der Waals surface area contributed by atoms with Gasteiger partial charge in [-0.1, -0.05) is 0 Å². The highest BCUT2D eigenvalue weighted by molar-refractivity contribution is 6.01. The van der Waals surface area contributed by atoms with Gasteiger partial charge in [-0.15, -0.1) is 0 Å². The minimum Gasteiger partial charge on any atom is -0.440 e. The number of halogens is 3. The fraction of sp³-hybridized carbons (Fsp3) is 0.625. The maximum atomic E-state index is 11.7. The van der Waals surface area contributed by atoms with Crippen LogP contribution in [0.4, 0.5) is 18.0 Å². The molecule has 96 valence electrons. The van der Waals surface area contributed by atoms with Crippen LogP contribution in [0.25, 0.3) is 0 Å². The van der Waals surface area contributed by atoms with Crippen LogP contribution in [0.2, 0.25) is 0 Å². The molecule has 1 fully saturated rings. The molecule has 1 rings (SSSR count). The molecule has 3 amide bonds. The topological polar surface area (TPSA) is 84.5 Å². The second-order valence-corrected chi connectivity index (χ2v) is 3.34. The van der Waals surface area contributed by atoms with Crippen molar-refractivity contribution < 1.29 is 32.3 Å². The average Bonchev–Trinajstić information content (AvgIpc) is 2.18. The third-order valence-electron chi connectivity index (χ3n) is 1.90. The normalized spacial score (nSPS) is 20.8. The standard InChI is InChI=1S/C8H9F3N2O4/c9-8(10,11)3-17-7(16)12-4-1-2-5(14)13-6(4)15/h4H,1-3H2,(H,12,16)(H,13,14,15). The maximum Gasteiger partial charge on any atom is 0.422 e. The summed E-state index contributed by atoms with van der Waals surface area (Å²) in [5.74, 6) is -1.25. The van der Waals surface area contributed by atoms with E-state index in [9.17, 15) is 27.6 Å². The Bertz CT molecular complexity index is 342. The zero-order chi connectivity index (χ0) is 13.1. The van der Waals surface area contributed by atoms with Crippen molar-refractivity contribution in [2.75, 3.05) is 6.61 Å². The number of alkyl halides is 3. The van der Waals surface area contributed by atoms with Crippen molar-refractivity contribution in [3.8, 4) is 0 Å². The highest BCUT2D eigenvalue weighted by atomic mass is 19.4. The van der Waals surface area contributed by atoms with E-state index in [2.05, 4.69) is 4.74 Å². The lowest BCUT2D eigenvalue weighted by molar-refractivity contribution is -0.160. The summed E-state index contributed by atoms with van der Waals surface area (Å²) in [7, 11) is 0. The van der Waals surface area contributed by atoms with Gasteiger partial charge in [0, 0.05) is 6.42 Å². The summed E-state index contributed by atoms with van der Waals surface area (Å²) in [6.45, 7) is -1.73. The molecule has 1 aliphatic rings.